The number of nitro groups is 1. The van der Waals surface area contributed by atoms with Gasteiger partial charge in [-0.15, -0.1) is 0 Å². The van der Waals surface area contributed by atoms with Crippen molar-refractivity contribution in [2.45, 2.75) is 39.7 Å². The SMILES string of the molecule is COCCN(CC(=O)N1N=C(c2ccc([N+](=O)[O-])cc2)C[C@@H]1c1ccc(OC)cc1)C(=O)CC(C)(C)C. The second-order valence-corrected chi connectivity index (χ2v) is 10.1. The summed E-state index contributed by atoms with van der Waals surface area (Å²) in [5.74, 6) is 0.239. The lowest BCUT2D eigenvalue weighted by Gasteiger charge is -2.29. The maximum atomic E-state index is 13.6. The molecule has 0 unspecified atom stereocenters. The van der Waals surface area contributed by atoms with Crippen LogP contribution in [0.3, 0.4) is 0 Å². The number of hydrazone groups is 1. The number of carbonyl (C=O) groups is 2. The molecule has 2 aromatic rings. The predicted octanol–water partition coefficient (Wildman–Crippen LogP) is 4.19. The fraction of sp³-hybridized carbons (Fsp3) is 0.444. The summed E-state index contributed by atoms with van der Waals surface area (Å²) in [7, 11) is 3.13. The lowest BCUT2D eigenvalue weighted by molar-refractivity contribution is -0.384. The first kappa shape index (κ1) is 27.8. The van der Waals surface area contributed by atoms with Crippen molar-refractivity contribution < 1.29 is 24.0 Å². The number of nitrogens with zero attached hydrogens (tertiary/aromatic N) is 4. The first-order chi connectivity index (χ1) is 17.5. The Morgan fingerprint density at radius 3 is 2.30 bits per heavy atom. The van der Waals surface area contributed by atoms with Crippen LogP contribution >= 0.6 is 0 Å². The molecule has 0 saturated heterocycles. The smallest absolute Gasteiger partial charge is 0.269 e. The molecule has 0 radical (unpaired) electrons. The van der Waals surface area contributed by atoms with Crippen molar-refractivity contribution in [2.75, 3.05) is 33.9 Å². The van der Waals surface area contributed by atoms with Crippen LogP contribution in [0, 0.1) is 15.5 Å². The fourth-order valence-electron chi connectivity index (χ4n) is 4.07. The van der Waals surface area contributed by atoms with E-state index in [9.17, 15) is 19.7 Å². The second kappa shape index (κ2) is 12.0. The van der Waals surface area contributed by atoms with E-state index in [1.54, 1.807) is 26.4 Å². The largest absolute Gasteiger partial charge is 0.497 e. The lowest BCUT2D eigenvalue weighted by atomic mass is 9.91. The summed E-state index contributed by atoms with van der Waals surface area (Å²) in [5.41, 5.74) is 1.94. The van der Waals surface area contributed by atoms with Gasteiger partial charge in [0.05, 0.1) is 30.4 Å². The van der Waals surface area contributed by atoms with Crippen molar-refractivity contribution in [3.63, 3.8) is 0 Å². The van der Waals surface area contributed by atoms with Gasteiger partial charge in [-0.25, -0.2) is 5.01 Å². The number of carbonyl (C=O) groups excluding carboxylic acids is 2. The molecule has 0 spiro atoms. The van der Waals surface area contributed by atoms with E-state index in [1.807, 2.05) is 45.0 Å². The van der Waals surface area contributed by atoms with E-state index in [2.05, 4.69) is 5.10 Å². The number of ether oxygens (including phenoxy) is 2. The van der Waals surface area contributed by atoms with Crippen LogP contribution < -0.4 is 4.74 Å². The minimum Gasteiger partial charge on any atom is -0.497 e. The number of methoxy groups -OCH3 is 2. The summed E-state index contributed by atoms with van der Waals surface area (Å²) >= 11 is 0. The van der Waals surface area contributed by atoms with Crippen molar-refractivity contribution in [1.82, 2.24) is 9.91 Å². The molecular formula is C27H34N4O6. The van der Waals surface area contributed by atoms with Crippen LogP contribution in [0.5, 0.6) is 5.75 Å². The van der Waals surface area contributed by atoms with E-state index in [0.29, 0.717) is 36.5 Å². The normalized spacial score (nSPS) is 15.3. The molecule has 0 aromatic heterocycles. The molecule has 0 bridgehead atoms. The van der Waals surface area contributed by atoms with Gasteiger partial charge in [0.15, 0.2) is 0 Å². The third kappa shape index (κ3) is 7.36. The minimum atomic E-state index is -0.459. The Hall–Kier alpha value is -3.79. The molecule has 10 nitrogen and oxygen atoms in total. The Morgan fingerprint density at radius 2 is 1.76 bits per heavy atom. The molecule has 198 valence electrons. The number of hydrogen-bond acceptors (Lipinski definition) is 7. The van der Waals surface area contributed by atoms with Crippen molar-refractivity contribution in [3.8, 4) is 5.75 Å². The first-order valence-electron chi connectivity index (χ1n) is 12.1. The molecular weight excluding hydrogens is 476 g/mol. The molecule has 0 saturated carbocycles. The molecule has 0 N–H and O–H groups in total. The lowest BCUT2D eigenvalue weighted by Crippen LogP contribution is -2.43. The Morgan fingerprint density at radius 1 is 1.11 bits per heavy atom. The van der Waals surface area contributed by atoms with E-state index in [1.165, 1.54) is 22.0 Å². The fourth-order valence-corrected chi connectivity index (χ4v) is 4.07. The zero-order valence-corrected chi connectivity index (χ0v) is 22.0. The van der Waals surface area contributed by atoms with Crippen molar-refractivity contribution in [3.05, 3.63) is 69.8 Å². The van der Waals surface area contributed by atoms with E-state index >= 15 is 0 Å². The van der Waals surface area contributed by atoms with Crippen molar-refractivity contribution in [2.24, 2.45) is 10.5 Å². The number of amides is 2. The zero-order valence-electron chi connectivity index (χ0n) is 22.0. The Bertz CT molecular complexity index is 1140. The molecule has 2 aromatic carbocycles. The summed E-state index contributed by atoms with van der Waals surface area (Å²) in [5, 5.41) is 17.1. The van der Waals surface area contributed by atoms with Gasteiger partial charge in [0.2, 0.25) is 5.91 Å². The molecule has 1 aliphatic rings. The standard InChI is InChI=1S/C27H34N4O6/c1-27(2,3)17-25(32)29(14-15-36-4)18-26(33)30-24(20-8-12-22(37-5)13-9-20)16-23(28-30)19-6-10-21(11-7-19)31(34)35/h6-13,24H,14-18H2,1-5H3/t24-/m1/s1. The summed E-state index contributed by atoms with van der Waals surface area (Å²) in [6.45, 7) is 6.38. The van der Waals surface area contributed by atoms with Gasteiger partial charge < -0.3 is 14.4 Å². The molecule has 0 aliphatic carbocycles. The molecule has 2 amide bonds. The summed E-state index contributed by atoms with van der Waals surface area (Å²) in [6.07, 6.45) is 0.715. The number of hydrogen-bond donors (Lipinski definition) is 0. The van der Waals surface area contributed by atoms with Crippen LogP contribution in [0.2, 0.25) is 0 Å². The molecule has 37 heavy (non-hydrogen) atoms. The van der Waals surface area contributed by atoms with Crippen LogP contribution in [-0.2, 0) is 14.3 Å². The third-order valence-corrected chi connectivity index (χ3v) is 6.00. The summed E-state index contributed by atoms with van der Waals surface area (Å²) in [4.78, 5) is 38.7. The van der Waals surface area contributed by atoms with Gasteiger partial charge in [0.25, 0.3) is 11.6 Å². The van der Waals surface area contributed by atoms with E-state index in [0.717, 1.165) is 5.56 Å². The maximum absolute atomic E-state index is 13.6. The van der Waals surface area contributed by atoms with Crippen LogP contribution in [-0.4, -0.2) is 66.3 Å². The van der Waals surface area contributed by atoms with Crippen LogP contribution in [0.4, 0.5) is 5.69 Å². The Labute approximate surface area is 217 Å². The number of nitro benzene ring substituents is 1. The number of non-ortho nitro benzene ring substituents is 1. The van der Waals surface area contributed by atoms with Crippen LogP contribution in [0.15, 0.2) is 53.6 Å². The van der Waals surface area contributed by atoms with Gasteiger partial charge in [0, 0.05) is 38.6 Å². The Kier molecular flexibility index (Phi) is 8.99. The second-order valence-electron chi connectivity index (χ2n) is 10.1. The quantitative estimate of drug-likeness (QED) is 0.350. The summed E-state index contributed by atoms with van der Waals surface area (Å²) in [6, 6.07) is 13.1. The highest BCUT2D eigenvalue weighted by Gasteiger charge is 2.35. The molecule has 0 fully saturated rings. The predicted molar refractivity (Wildman–Crippen MR) is 139 cm³/mol. The van der Waals surface area contributed by atoms with Crippen molar-refractivity contribution in [1.29, 1.82) is 0 Å². The molecule has 3 rings (SSSR count). The zero-order chi connectivity index (χ0) is 27.2. The number of rotatable bonds is 10. The average Bonchev–Trinajstić information content (AvgIpc) is 3.31. The van der Waals surface area contributed by atoms with Gasteiger partial charge in [0.1, 0.15) is 12.3 Å². The maximum Gasteiger partial charge on any atom is 0.269 e. The van der Waals surface area contributed by atoms with Gasteiger partial charge in [-0.05, 0) is 40.8 Å². The Balaban J connectivity index is 1.90. The van der Waals surface area contributed by atoms with Gasteiger partial charge >= 0.3 is 0 Å². The van der Waals surface area contributed by atoms with Crippen LogP contribution in [0.25, 0.3) is 0 Å². The van der Waals surface area contributed by atoms with Crippen LogP contribution in [0.1, 0.15) is 50.8 Å². The molecule has 1 heterocycles. The van der Waals surface area contributed by atoms with Gasteiger partial charge in [-0.2, -0.15) is 5.10 Å². The van der Waals surface area contributed by atoms with Gasteiger partial charge in [-0.3, -0.25) is 19.7 Å². The van der Waals surface area contributed by atoms with E-state index < -0.39 is 11.0 Å². The minimum absolute atomic E-state index is 0.0203. The molecule has 1 atom stereocenters. The highest BCUT2D eigenvalue weighted by atomic mass is 16.6. The first-order valence-corrected chi connectivity index (χ1v) is 12.1. The van der Waals surface area contributed by atoms with Gasteiger partial charge in [-0.1, -0.05) is 32.9 Å². The summed E-state index contributed by atoms with van der Waals surface area (Å²) < 4.78 is 10.4. The average molecular weight is 511 g/mol. The highest BCUT2D eigenvalue weighted by molar-refractivity contribution is 6.03. The monoisotopic (exact) mass is 510 g/mol. The third-order valence-electron chi connectivity index (χ3n) is 6.00. The van der Waals surface area contributed by atoms with E-state index in [4.69, 9.17) is 9.47 Å². The van der Waals surface area contributed by atoms with E-state index in [-0.39, 0.29) is 36.0 Å². The number of benzene rings is 2. The topological polar surface area (TPSA) is 115 Å². The van der Waals surface area contributed by atoms with Crippen molar-refractivity contribution >= 4 is 23.2 Å². The molecule has 10 heteroatoms. The molecule has 1 aliphatic heterocycles. The highest BCUT2D eigenvalue weighted by Crippen LogP contribution is 2.34.